The number of rotatable bonds is 20. The Morgan fingerprint density at radius 1 is 0.710 bits per heavy atom. The van der Waals surface area contributed by atoms with E-state index in [0.717, 1.165) is 37.7 Å². The van der Waals surface area contributed by atoms with Gasteiger partial charge in [0.15, 0.2) is 11.5 Å². The molecule has 0 saturated heterocycles. The summed E-state index contributed by atoms with van der Waals surface area (Å²) in [5.41, 5.74) is 1.00. The Labute approximate surface area is 191 Å². The van der Waals surface area contributed by atoms with E-state index in [1.165, 1.54) is 83.1 Å². The summed E-state index contributed by atoms with van der Waals surface area (Å²) in [5.74, 6) is 0.225. The molecule has 0 aliphatic carbocycles. The number of benzene rings is 1. The number of carbonyl (C=O) groups is 1. The average Bonchev–Trinajstić information content (AvgIpc) is 2.76. The molecular weight excluding hydrogens is 384 g/mol. The number of Topliss-reactive ketones (excluding diaryl/α,β-unsaturated/α-hetero) is 1. The van der Waals surface area contributed by atoms with E-state index >= 15 is 0 Å². The highest BCUT2D eigenvalue weighted by atomic mass is 16.3. The fraction of sp³-hybridized carbons (Fsp3) is 0.679. The van der Waals surface area contributed by atoms with Gasteiger partial charge < -0.3 is 10.2 Å². The molecule has 0 saturated carbocycles. The number of aromatic hydroxyl groups is 2. The number of aryl methyl sites for hydroxylation is 1. The van der Waals surface area contributed by atoms with E-state index in [1.54, 1.807) is 6.07 Å². The smallest absolute Gasteiger partial charge is 0.157 e. The van der Waals surface area contributed by atoms with E-state index in [1.807, 2.05) is 6.07 Å². The molecule has 2 N–H and O–H groups in total. The molecule has 176 valence electrons. The van der Waals surface area contributed by atoms with Gasteiger partial charge in [0.05, 0.1) is 0 Å². The molecule has 0 fully saturated rings. The number of carbonyl (C=O) groups excluding carboxylic acids is 1. The van der Waals surface area contributed by atoms with Gasteiger partial charge in [-0.3, -0.25) is 4.79 Å². The molecule has 0 atom stereocenters. The SMILES string of the molecule is CCCCCCCCC=CCCCCCCCC(=O)CCCCc1ccc(O)c(O)c1. The van der Waals surface area contributed by atoms with Crippen LogP contribution in [0.3, 0.4) is 0 Å². The lowest BCUT2D eigenvalue weighted by Gasteiger charge is -2.04. The zero-order valence-corrected chi connectivity index (χ0v) is 19.9. The molecule has 31 heavy (non-hydrogen) atoms. The first-order chi connectivity index (χ1) is 15.1. The maximum absolute atomic E-state index is 12.0. The summed E-state index contributed by atoms with van der Waals surface area (Å²) < 4.78 is 0. The highest BCUT2D eigenvalue weighted by Crippen LogP contribution is 2.25. The van der Waals surface area contributed by atoms with Gasteiger partial charge in [-0.25, -0.2) is 0 Å². The first-order valence-electron chi connectivity index (χ1n) is 12.8. The molecule has 0 heterocycles. The summed E-state index contributed by atoms with van der Waals surface area (Å²) in [5, 5.41) is 18.8. The summed E-state index contributed by atoms with van der Waals surface area (Å²) in [6.07, 6.45) is 25.4. The van der Waals surface area contributed by atoms with Gasteiger partial charge in [-0.15, -0.1) is 0 Å². The Bertz CT molecular complexity index is 606. The van der Waals surface area contributed by atoms with Gasteiger partial charge in [0.2, 0.25) is 0 Å². The van der Waals surface area contributed by atoms with Crippen molar-refractivity contribution in [1.29, 1.82) is 0 Å². The topological polar surface area (TPSA) is 57.5 Å². The largest absolute Gasteiger partial charge is 0.504 e. The second-order valence-corrected chi connectivity index (χ2v) is 8.90. The fourth-order valence-corrected chi connectivity index (χ4v) is 3.89. The van der Waals surface area contributed by atoms with E-state index in [4.69, 9.17) is 0 Å². The molecule has 3 heteroatoms. The molecule has 0 unspecified atom stereocenters. The number of hydrogen-bond acceptors (Lipinski definition) is 3. The van der Waals surface area contributed by atoms with Crippen LogP contribution in [0.1, 0.15) is 122 Å². The van der Waals surface area contributed by atoms with Crippen LogP contribution in [0, 0.1) is 0 Å². The third-order valence-electron chi connectivity index (χ3n) is 5.93. The summed E-state index contributed by atoms with van der Waals surface area (Å²) >= 11 is 0. The molecular formula is C28H46O3. The minimum absolute atomic E-state index is 0.0715. The van der Waals surface area contributed by atoms with Crippen LogP contribution in [0.25, 0.3) is 0 Å². The molecule has 0 amide bonds. The standard InChI is InChI=1S/C28H46O3/c1-2-3-4-5-6-7-8-9-10-11-12-13-14-15-16-20-26(29)21-18-17-19-25-22-23-27(30)28(31)24-25/h9-10,22-24,30-31H,2-8,11-21H2,1H3. The lowest BCUT2D eigenvalue weighted by Crippen LogP contribution is -1.98. The van der Waals surface area contributed by atoms with Gasteiger partial charge in [0.25, 0.3) is 0 Å². The van der Waals surface area contributed by atoms with Crippen LogP contribution < -0.4 is 0 Å². The van der Waals surface area contributed by atoms with E-state index < -0.39 is 0 Å². The summed E-state index contributed by atoms with van der Waals surface area (Å²) in [7, 11) is 0. The Morgan fingerprint density at radius 2 is 1.26 bits per heavy atom. The molecule has 1 aromatic carbocycles. The van der Waals surface area contributed by atoms with E-state index in [9.17, 15) is 15.0 Å². The molecule has 0 bridgehead atoms. The lowest BCUT2D eigenvalue weighted by atomic mass is 10.0. The van der Waals surface area contributed by atoms with Crippen molar-refractivity contribution in [2.24, 2.45) is 0 Å². The van der Waals surface area contributed by atoms with Crippen molar-refractivity contribution in [3.8, 4) is 11.5 Å². The minimum Gasteiger partial charge on any atom is -0.504 e. The van der Waals surface area contributed by atoms with Crippen LogP contribution in [0.15, 0.2) is 30.4 Å². The highest BCUT2D eigenvalue weighted by molar-refractivity contribution is 5.78. The van der Waals surface area contributed by atoms with Crippen molar-refractivity contribution in [2.45, 2.75) is 122 Å². The molecule has 0 aliphatic heterocycles. The van der Waals surface area contributed by atoms with Gasteiger partial charge in [0, 0.05) is 12.8 Å². The van der Waals surface area contributed by atoms with Crippen LogP contribution >= 0.6 is 0 Å². The Balaban J connectivity index is 1.86. The van der Waals surface area contributed by atoms with Gasteiger partial charge in [-0.2, -0.15) is 0 Å². The van der Waals surface area contributed by atoms with E-state index in [0.29, 0.717) is 12.2 Å². The number of hydrogen-bond donors (Lipinski definition) is 2. The van der Waals surface area contributed by atoms with E-state index in [-0.39, 0.29) is 11.5 Å². The van der Waals surface area contributed by atoms with Gasteiger partial charge in [0.1, 0.15) is 5.78 Å². The molecule has 0 spiro atoms. The summed E-state index contributed by atoms with van der Waals surface area (Å²) in [6.45, 7) is 2.26. The predicted octanol–water partition coefficient (Wildman–Crippen LogP) is 8.42. The van der Waals surface area contributed by atoms with Gasteiger partial charge in [-0.05, 0) is 69.1 Å². The number of allylic oxidation sites excluding steroid dienone is 2. The quantitative estimate of drug-likeness (QED) is 0.124. The van der Waals surface area contributed by atoms with Crippen LogP contribution in [0.4, 0.5) is 0 Å². The molecule has 0 aromatic heterocycles. The second-order valence-electron chi connectivity index (χ2n) is 8.90. The molecule has 0 radical (unpaired) electrons. The maximum atomic E-state index is 12.0. The van der Waals surface area contributed by atoms with Crippen molar-refractivity contribution >= 4 is 5.78 Å². The number of ketones is 1. The van der Waals surface area contributed by atoms with Gasteiger partial charge in [-0.1, -0.05) is 76.5 Å². The van der Waals surface area contributed by atoms with Gasteiger partial charge >= 0.3 is 0 Å². The zero-order chi connectivity index (χ0) is 22.6. The average molecular weight is 431 g/mol. The van der Waals surface area contributed by atoms with E-state index in [2.05, 4.69) is 19.1 Å². The first-order valence-corrected chi connectivity index (χ1v) is 12.8. The van der Waals surface area contributed by atoms with Crippen molar-refractivity contribution in [2.75, 3.05) is 0 Å². The number of phenolic OH excluding ortho intramolecular Hbond substituents is 2. The lowest BCUT2D eigenvalue weighted by molar-refractivity contribution is -0.119. The summed E-state index contributed by atoms with van der Waals surface area (Å²) in [6, 6.07) is 4.94. The third kappa shape index (κ3) is 15.6. The molecule has 3 nitrogen and oxygen atoms in total. The van der Waals surface area contributed by atoms with Crippen molar-refractivity contribution < 1.29 is 15.0 Å². The van der Waals surface area contributed by atoms with Crippen LogP contribution in [0.5, 0.6) is 11.5 Å². The van der Waals surface area contributed by atoms with Crippen molar-refractivity contribution in [1.82, 2.24) is 0 Å². The fourth-order valence-electron chi connectivity index (χ4n) is 3.89. The third-order valence-corrected chi connectivity index (χ3v) is 5.93. The predicted molar refractivity (Wildman–Crippen MR) is 132 cm³/mol. The molecule has 0 aliphatic rings. The minimum atomic E-state index is -0.0844. The van der Waals surface area contributed by atoms with Crippen LogP contribution in [0.2, 0.25) is 0 Å². The second kappa shape index (κ2) is 19.0. The Hall–Kier alpha value is -1.77. The number of phenols is 2. The highest BCUT2D eigenvalue weighted by Gasteiger charge is 2.04. The Morgan fingerprint density at radius 3 is 1.87 bits per heavy atom. The van der Waals surface area contributed by atoms with Crippen molar-refractivity contribution in [3.63, 3.8) is 0 Å². The Kier molecular flexibility index (Phi) is 16.7. The molecule has 1 aromatic rings. The normalized spacial score (nSPS) is 11.4. The maximum Gasteiger partial charge on any atom is 0.157 e. The number of unbranched alkanes of at least 4 members (excludes halogenated alkanes) is 12. The van der Waals surface area contributed by atoms with Crippen LogP contribution in [-0.2, 0) is 11.2 Å². The monoisotopic (exact) mass is 430 g/mol. The zero-order valence-electron chi connectivity index (χ0n) is 19.9. The summed E-state index contributed by atoms with van der Waals surface area (Å²) in [4.78, 5) is 12.0. The van der Waals surface area contributed by atoms with Crippen LogP contribution in [-0.4, -0.2) is 16.0 Å². The van der Waals surface area contributed by atoms with Crippen molar-refractivity contribution in [3.05, 3.63) is 35.9 Å². The molecule has 1 rings (SSSR count). The first kappa shape index (κ1) is 27.3.